The van der Waals surface area contributed by atoms with Crippen LogP contribution in [0.1, 0.15) is 5.56 Å². The molecule has 128 valence electrons. The number of nitrogens with one attached hydrogen (secondary N) is 1. The number of benzene rings is 2. The number of amides is 1. The van der Waals surface area contributed by atoms with Crippen LogP contribution in [-0.4, -0.2) is 38.0 Å². The van der Waals surface area contributed by atoms with Crippen molar-refractivity contribution in [3.05, 3.63) is 66.0 Å². The standard InChI is InChI=1S/C17H19FN2O3S/c1-24(22,23)20(12-11-14-5-3-2-4-6-14)13-17(21)19-16-9-7-15(18)8-10-16/h2-10H,11-13H2,1H3,(H,19,21). The molecule has 1 N–H and O–H groups in total. The lowest BCUT2D eigenvalue weighted by Gasteiger charge is -2.19. The van der Waals surface area contributed by atoms with Gasteiger partial charge in [0.05, 0.1) is 12.8 Å². The average molecular weight is 350 g/mol. The molecule has 24 heavy (non-hydrogen) atoms. The normalized spacial score (nSPS) is 11.5. The summed E-state index contributed by atoms with van der Waals surface area (Å²) in [4.78, 5) is 12.1. The van der Waals surface area contributed by atoms with Crippen LogP contribution in [0.5, 0.6) is 0 Å². The molecule has 0 aliphatic carbocycles. The fourth-order valence-corrected chi connectivity index (χ4v) is 2.93. The molecule has 0 heterocycles. The Labute approximate surface area is 141 Å². The summed E-state index contributed by atoms with van der Waals surface area (Å²) in [6.07, 6.45) is 1.58. The van der Waals surface area contributed by atoms with Crippen molar-refractivity contribution in [1.82, 2.24) is 4.31 Å². The fourth-order valence-electron chi connectivity index (χ4n) is 2.15. The first-order valence-corrected chi connectivity index (χ1v) is 9.24. The van der Waals surface area contributed by atoms with Gasteiger partial charge in [0.15, 0.2) is 0 Å². The Morgan fingerprint density at radius 2 is 1.71 bits per heavy atom. The minimum absolute atomic E-state index is 0.208. The summed E-state index contributed by atoms with van der Waals surface area (Å²) >= 11 is 0. The number of carbonyl (C=O) groups is 1. The topological polar surface area (TPSA) is 66.5 Å². The number of rotatable bonds is 7. The zero-order valence-corrected chi connectivity index (χ0v) is 14.1. The Kier molecular flexibility index (Phi) is 6.05. The van der Waals surface area contributed by atoms with Gasteiger partial charge < -0.3 is 5.32 Å². The van der Waals surface area contributed by atoms with Crippen LogP contribution in [-0.2, 0) is 21.2 Å². The van der Waals surface area contributed by atoms with E-state index in [-0.39, 0.29) is 13.1 Å². The maximum atomic E-state index is 12.9. The van der Waals surface area contributed by atoms with Crippen LogP contribution in [0.3, 0.4) is 0 Å². The maximum Gasteiger partial charge on any atom is 0.239 e. The molecule has 0 saturated heterocycles. The molecule has 0 unspecified atom stereocenters. The quantitative estimate of drug-likeness (QED) is 0.833. The SMILES string of the molecule is CS(=O)(=O)N(CCc1ccccc1)CC(=O)Nc1ccc(F)cc1. The third kappa shape index (κ3) is 5.75. The second kappa shape index (κ2) is 8.03. The first-order chi connectivity index (χ1) is 11.3. The van der Waals surface area contributed by atoms with Crippen LogP contribution >= 0.6 is 0 Å². The molecule has 0 saturated carbocycles. The van der Waals surface area contributed by atoms with E-state index in [0.29, 0.717) is 12.1 Å². The molecule has 0 bridgehead atoms. The third-order valence-corrected chi connectivity index (χ3v) is 4.66. The van der Waals surface area contributed by atoms with E-state index in [9.17, 15) is 17.6 Å². The van der Waals surface area contributed by atoms with Crippen LogP contribution in [0.25, 0.3) is 0 Å². The van der Waals surface area contributed by atoms with Crippen molar-refractivity contribution in [2.45, 2.75) is 6.42 Å². The lowest BCUT2D eigenvalue weighted by Crippen LogP contribution is -2.38. The Morgan fingerprint density at radius 1 is 1.08 bits per heavy atom. The van der Waals surface area contributed by atoms with Crippen LogP contribution in [0.4, 0.5) is 10.1 Å². The Morgan fingerprint density at radius 3 is 2.29 bits per heavy atom. The number of carbonyl (C=O) groups excluding carboxylic acids is 1. The van der Waals surface area contributed by atoms with E-state index in [1.165, 1.54) is 24.3 Å². The molecule has 7 heteroatoms. The van der Waals surface area contributed by atoms with E-state index in [2.05, 4.69) is 5.32 Å². The minimum atomic E-state index is -3.52. The van der Waals surface area contributed by atoms with Crippen LogP contribution in [0, 0.1) is 5.82 Å². The van der Waals surface area contributed by atoms with Gasteiger partial charge in [0.1, 0.15) is 5.82 Å². The summed E-state index contributed by atoms with van der Waals surface area (Å²) in [6, 6.07) is 14.7. The number of halogens is 1. The molecule has 0 aliphatic rings. The maximum absolute atomic E-state index is 12.9. The van der Waals surface area contributed by atoms with Gasteiger partial charge >= 0.3 is 0 Å². The first-order valence-electron chi connectivity index (χ1n) is 7.39. The van der Waals surface area contributed by atoms with Crippen molar-refractivity contribution in [2.75, 3.05) is 24.7 Å². The molecule has 0 radical (unpaired) electrons. The predicted molar refractivity (Wildman–Crippen MR) is 91.6 cm³/mol. The van der Waals surface area contributed by atoms with Gasteiger partial charge in [-0.05, 0) is 36.2 Å². The second-order valence-corrected chi connectivity index (χ2v) is 7.37. The minimum Gasteiger partial charge on any atom is -0.325 e. The number of nitrogens with zero attached hydrogens (tertiary/aromatic N) is 1. The summed E-state index contributed by atoms with van der Waals surface area (Å²) in [5.74, 6) is -0.881. The Bertz CT molecular complexity index is 777. The smallest absolute Gasteiger partial charge is 0.239 e. The average Bonchev–Trinajstić information content (AvgIpc) is 2.53. The summed E-state index contributed by atoms with van der Waals surface area (Å²) in [7, 11) is -3.52. The zero-order chi connectivity index (χ0) is 17.6. The van der Waals surface area contributed by atoms with Gasteiger partial charge in [-0.1, -0.05) is 30.3 Å². The highest BCUT2D eigenvalue weighted by Crippen LogP contribution is 2.09. The van der Waals surface area contributed by atoms with Crippen molar-refractivity contribution in [1.29, 1.82) is 0 Å². The molecule has 2 rings (SSSR count). The van der Waals surface area contributed by atoms with Crippen LogP contribution < -0.4 is 5.32 Å². The molecular formula is C17H19FN2O3S. The number of hydrogen-bond donors (Lipinski definition) is 1. The zero-order valence-electron chi connectivity index (χ0n) is 13.3. The van der Waals surface area contributed by atoms with Crippen molar-refractivity contribution < 1.29 is 17.6 Å². The van der Waals surface area contributed by atoms with E-state index in [1.807, 2.05) is 30.3 Å². The van der Waals surface area contributed by atoms with Gasteiger partial charge in [-0.2, -0.15) is 4.31 Å². The molecule has 0 aliphatic heterocycles. The lowest BCUT2D eigenvalue weighted by molar-refractivity contribution is -0.116. The number of anilines is 1. The summed E-state index contributed by atoms with van der Waals surface area (Å²) < 4.78 is 37.7. The van der Waals surface area contributed by atoms with Gasteiger partial charge in [0.2, 0.25) is 15.9 Å². The van der Waals surface area contributed by atoms with Gasteiger partial charge in [0.25, 0.3) is 0 Å². The van der Waals surface area contributed by atoms with Crippen molar-refractivity contribution in [2.24, 2.45) is 0 Å². The predicted octanol–water partition coefficient (Wildman–Crippen LogP) is 2.27. The van der Waals surface area contributed by atoms with E-state index < -0.39 is 21.7 Å². The van der Waals surface area contributed by atoms with E-state index in [1.54, 1.807) is 0 Å². The fraction of sp³-hybridized carbons (Fsp3) is 0.235. The molecule has 0 atom stereocenters. The highest BCUT2D eigenvalue weighted by molar-refractivity contribution is 7.88. The molecule has 1 amide bonds. The van der Waals surface area contributed by atoms with Crippen molar-refractivity contribution in [3.8, 4) is 0 Å². The Hall–Kier alpha value is -2.25. The van der Waals surface area contributed by atoms with Gasteiger partial charge in [-0.25, -0.2) is 12.8 Å². The van der Waals surface area contributed by atoms with E-state index in [4.69, 9.17) is 0 Å². The van der Waals surface area contributed by atoms with Crippen LogP contribution in [0.15, 0.2) is 54.6 Å². The van der Waals surface area contributed by atoms with Crippen molar-refractivity contribution >= 4 is 21.6 Å². The molecule has 0 aromatic heterocycles. The number of sulfonamides is 1. The third-order valence-electron chi connectivity index (χ3n) is 3.41. The highest BCUT2D eigenvalue weighted by Gasteiger charge is 2.20. The Balaban J connectivity index is 1.98. The van der Waals surface area contributed by atoms with Gasteiger partial charge in [0, 0.05) is 12.2 Å². The van der Waals surface area contributed by atoms with Crippen molar-refractivity contribution in [3.63, 3.8) is 0 Å². The molecule has 2 aromatic rings. The molecule has 5 nitrogen and oxygen atoms in total. The largest absolute Gasteiger partial charge is 0.325 e. The van der Waals surface area contributed by atoms with Gasteiger partial charge in [-0.15, -0.1) is 0 Å². The lowest BCUT2D eigenvalue weighted by atomic mass is 10.1. The number of hydrogen-bond acceptors (Lipinski definition) is 3. The highest BCUT2D eigenvalue weighted by atomic mass is 32.2. The summed E-state index contributed by atoms with van der Waals surface area (Å²) in [6.45, 7) is -0.0806. The second-order valence-electron chi connectivity index (χ2n) is 5.39. The molecule has 2 aromatic carbocycles. The summed E-state index contributed by atoms with van der Waals surface area (Å²) in [5, 5.41) is 2.56. The molecule has 0 fully saturated rings. The first kappa shape index (κ1) is 18.1. The van der Waals surface area contributed by atoms with Gasteiger partial charge in [-0.3, -0.25) is 4.79 Å². The van der Waals surface area contributed by atoms with Crippen LogP contribution in [0.2, 0.25) is 0 Å². The summed E-state index contributed by atoms with van der Waals surface area (Å²) in [5.41, 5.74) is 1.41. The van der Waals surface area contributed by atoms with E-state index >= 15 is 0 Å². The molecular weight excluding hydrogens is 331 g/mol. The molecule has 0 spiro atoms. The van der Waals surface area contributed by atoms with E-state index in [0.717, 1.165) is 16.1 Å². The monoisotopic (exact) mass is 350 g/mol.